The summed E-state index contributed by atoms with van der Waals surface area (Å²) >= 11 is 0. The van der Waals surface area contributed by atoms with Gasteiger partial charge in [-0.2, -0.15) is 0 Å². The van der Waals surface area contributed by atoms with E-state index in [2.05, 4.69) is 0 Å². The van der Waals surface area contributed by atoms with Crippen LogP contribution in [0.4, 0.5) is 0 Å². The van der Waals surface area contributed by atoms with E-state index < -0.39 is 12.0 Å². The van der Waals surface area contributed by atoms with Crippen LogP contribution in [0, 0.1) is 11.8 Å². The van der Waals surface area contributed by atoms with Crippen molar-refractivity contribution in [3.63, 3.8) is 0 Å². The third kappa shape index (κ3) is 4.23. The first-order valence-corrected chi connectivity index (χ1v) is 9.33. The molecule has 26 heavy (non-hydrogen) atoms. The second kappa shape index (κ2) is 7.89. The quantitative estimate of drug-likeness (QED) is 0.845. The maximum Gasteiger partial charge on any atom is 0.326 e. The summed E-state index contributed by atoms with van der Waals surface area (Å²) in [4.78, 5) is 40.2. The number of carboxylic acid groups (broad SMARTS) is 1. The number of carbonyl (C=O) groups excluding carboxylic acids is 2. The van der Waals surface area contributed by atoms with Gasteiger partial charge in [-0.3, -0.25) is 9.59 Å². The number of likely N-dealkylation sites (tertiary alicyclic amines) is 1. The Labute approximate surface area is 153 Å². The van der Waals surface area contributed by atoms with Gasteiger partial charge in [-0.25, -0.2) is 4.79 Å². The molecule has 1 saturated carbocycles. The molecule has 1 N–H and O–H groups in total. The minimum atomic E-state index is -1.02. The minimum Gasteiger partial charge on any atom is -0.480 e. The van der Waals surface area contributed by atoms with Gasteiger partial charge in [0.15, 0.2) is 0 Å². The lowest BCUT2D eigenvalue weighted by atomic mass is 9.95. The number of nitrogens with zero attached hydrogens (tertiary/aromatic N) is 2. The molecule has 3 rings (SSSR count). The van der Waals surface area contributed by atoms with Crippen molar-refractivity contribution in [3.05, 3.63) is 35.9 Å². The van der Waals surface area contributed by atoms with Crippen LogP contribution < -0.4 is 0 Å². The number of piperidine rings is 1. The third-order valence-electron chi connectivity index (χ3n) is 5.31. The van der Waals surface area contributed by atoms with E-state index in [-0.39, 0.29) is 30.2 Å². The summed E-state index contributed by atoms with van der Waals surface area (Å²) in [5.74, 6) is -1.21. The molecule has 1 aliphatic carbocycles. The molecule has 0 bridgehead atoms. The summed E-state index contributed by atoms with van der Waals surface area (Å²) < 4.78 is 0. The lowest BCUT2D eigenvalue weighted by Crippen LogP contribution is -2.50. The maximum absolute atomic E-state index is 13.1. The molecule has 6 nitrogen and oxygen atoms in total. The Morgan fingerprint density at radius 1 is 1.15 bits per heavy atom. The van der Waals surface area contributed by atoms with Crippen molar-refractivity contribution in [2.45, 2.75) is 45.2 Å². The minimum absolute atomic E-state index is 0.141. The van der Waals surface area contributed by atoms with Crippen LogP contribution in [0.5, 0.6) is 0 Å². The van der Waals surface area contributed by atoms with Crippen molar-refractivity contribution in [2.75, 3.05) is 13.1 Å². The molecule has 2 unspecified atom stereocenters. The summed E-state index contributed by atoms with van der Waals surface area (Å²) in [6.07, 6.45) is 3.38. The van der Waals surface area contributed by atoms with Gasteiger partial charge in [0.05, 0.1) is 5.92 Å². The SMILES string of the molecule is CC(C(=O)O)N(Cc1ccccc1)C(=O)C1CCCN(C(=O)C2CC2)C1. The fraction of sp³-hybridized carbons (Fsp3) is 0.550. The number of benzene rings is 1. The van der Waals surface area contributed by atoms with Crippen molar-refractivity contribution in [1.29, 1.82) is 0 Å². The third-order valence-corrected chi connectivity index (χ3v) is 5.31. The van der Waals surface area contributed by atoms with Crippen LogP contribution >= 0.6 is 0 Å². The zero-order valence-electron chi connectivity index (χ0n) is 15.1. The first-order chi connectivity index (χ1) is 12.5. The van der Waals surface area contributed by atoms with Crippen molar-refractivity contribution >= 4 is 17.8 Å². The summed E-state index contributed by atoms with van der Waals surface area (Å²) in [7, 11) is 0. The normalized spacial score (nSPS) is 21.1. The Morgan fingerprint density at radius 2 is 1.85 bits per heavy atom. The van der Waals surface area contributed by atoms with Crippen molar-refractivity contribution in [2.24, 2.45) is 11.8 Å². The average molecular weight is 358 g/mol. The van der Waals surface area contributed by atoms with Crippen LogP contribution in [-0.4, -0.2) is 51.8 Å². The molecule has 2 aliphatic rings. The van der Waals surface area contributed by atoms with Gasteiger partial charge in [-0.05, 0) is 38.2 Å². The second-order valence-electron chi connectivity index (χ2n) is 7.36. The van der Waals surface area contributed by atoms with Crippen LogP contribution in [0.1, 0.15) is 38.2 Å². The van der Waals surface area contributed by atoms with Crippen LogP contribution in [0.3, 0.4) is 0 Å². The molecule has 0 spiro atoms. The van der Waals surface area contributed by atoms with Gasteiger partial charge in [0.1, 0.15) is 6.04 Å². The van der Waals surface area contributed by atoms with Crippen LogP contribution in [0.2, 0.25) is 0 Å². The van der Waals surface area contributed by atoms with E-state index in [4.69, 9.17) is 0 Å². The molecular weight excluding hydrogens is 332 g/mol. The number of hydrogen-bond donors (Lipinski definition) is 1. The molecule has 2 atom stereocenters. The molecule has 1 aliphatic heterocycles. The Bertz CT molecular complexity index is 672. The molecule has 140 valence electrons. The van der Waals surface area contributed by atoms with Crippen LogP contribution in [0.25, 0.3) is 0 Å². The first kappa shape index (κ1) is 18.4. The summed E-state index contributed by atoms with van der Waals surface area (Å²) in [5.41, 5.74) is 0.899. The molecule has 1 aromatic carbocycles. The fourth-order valence-corrected chi connectivity index (χ4v) is 3.52. The lowest BCUT2D eigenvalue weighted by molar-refractivity contribution is -0.153. The highest BCUT2D eigenvalue weighted by Gasteiger charge is 2.38. The monoisotopic (exact) mass is 358 g/mol. The summed E-state index contributed by atoms with van der Waals surface area (Å²) in [5, 5.41) is 9.44. The Balaban J connectivity index is 1.73. The summed E-state index contributed by atoms with van der Waals surface area (Å²) in [6, 6.07) is 8.51. The van der Waals surface area contributed by atoms with Crippen LogP contribution in [0.15, 0.2) is 30.3 Å². The van der Waals surface area contributed by atoms with Gasteiger partial charge in [-0.1, -0.05) is 30.3 Å². The second-order valence-corrected chi connectivity index (χ2v) is 7.36. The van der Waals surface area contributed by atoms with Crippen molar-refractivity contribution in [3.8, 4) is 0 Å². The highest BCUT2D eigenvalue weighted by Crippen LogP contribution is 2.33. The van der Waals surface area contributed by atoms with Gasteiger partial charge >= 0.3 is 5.97 Å². The zero-order valence-corrected chi connectivity index (χ0v) is 15.1. The molecule has 0 aromatic heterocycles. The van der Waals surface area contributed by atoms with Crippen molar-refractivity contribution in [1.82, 2.24) is 9.80 Å². The summed E-state index contributed by atoms with van der Waals surface area (Å²) in [6.45, 7) is 2.91. The molecule has 1 saturated heterocycles. The van der Waals surface area contributed by atoms with Gasteiger partial charge in [-0.15, -0.1) is 0 Å². The number of amides is 2. The smallest absolute Gasteiger partial charge is 0.326 e. The molecule has 6 heteroatoms. The number of rotatable bonds is 6. The van der Waals surface area contributed by atoms with Gasteiger partial charge in [0, 0.05) is 25.6 Å². The molecule has 2 amide bonds. The Hall–Kier alpha value is -2.37. The predicted molar refractivity (Wildman–Crippen MR) is 96.1 cm³/mol. The van der Waals surface area contributed by atoms with E-state index in [0.29, 0.717) is 19.5 Å². The lowest BCUT2D eigenvalue weighted by Gasteiger charge is -2.36. The fourth-order valence-electron chi connectivity index (χ4n) is 3.52. The average Bonchev–Trinajstić information content (AvgIpc) is 3.50. The molecule has 0 radical (unpaired) electrons. The van der Waals surface area contributed by atoms with Gasteiger partial charge in [0.2, 0.25) is 11.8 Å². The highest BCUT2D eigenvalue weighted by atomic mass is 16.4. The highest BCUT2D eigenvalue weighted by molar-refractivity contribution is 5.86. The largest absolute Gasteiger partial charge is 0.480 e. The van der Waals surface area contributed by atoms with Gasteiger partial charge in [0.25, 0.3) is 0 Å². The van der Waals surface area contributed by atoms with E-state index in [0.717, 1.165) is 24.8 Å². The maximum atomic E-state index is 13.1. The number of hydrogen-bond acceptors (Lipinski definition) is 3. The Kier molecular flexibility index (Phi) is 5.59. The predicted octanol–water partition coefficient (Wildman–Crippen LogP) is 2.14. The first-order valence-electron chi connectivity index (χ1n) is 9.33. The Morgan fingerprint density at radius 3 is 2.46 bits per heavy atom. The number of carboxylic acids is 1. The standard InChI is InChI=1S/C20H26N2O4/c1-14(20(25)26)22(12-15-6-3-2-4-7-15)19(24)17-8-5-11-21(13-17)18(23)16-9-10-16/h2-4,6-7,14,16-17H,5,8-13H2,1H3,(H,25,26). The van der Waals surface area contributed by atoms with E-state index >= 15 is 0 Å². The number of aliphatic carboxylic acids is 1. The molecule has 1 heterocycles. The van der Waals surface area contributed by atoms with E-state index in [9.17, 15) is 19.5 Å². The molecule has 2 fully saturated rings. The van der Waals surface area contributed by atoms with E-state index in [1.165, 1.54) is 4.90 Å². The van der Waals surface area contributed by atoms with Crippen molar-refractivity contribution < 1.29 is 19.5 Å². The van der Waals surface area contributed by atoms with E-state index in [1.54, 1.807) is 11.8 Å². The van der Waals surface area contributed by atoms with Gasteiger partial charge < -0.3 is 14.9 Å². The topological polar surface area (TPSA) is 77.9 Å². The van der Waals surface area contributed by atoms with Crippen LogP contribution in [-0.2, 0) is 20.9 Å². The number of carbonyl (C=O) groups is 3. The zero-order chi connectivity index (χ0) is 18.7. The van der Waals surface area contributed by atoms with E-state index in [1.807, 2.05) is 30.3 Å². The molecular formula is C20H26N2O4. The molecule has 1 aromatic rings.